The third-order valence-corrected chi connectivity index (χ3v) is 6.12. The molecule has 146 valence electrons. The molecule has 1 N–H and O–H groups in total. The molecule has 5 nitrogen and oxygen atoms in total. The van der Waals surface area contributed by atoms with Crippen LogP contribution in [0.1, 0.15) is 45.1 Å². The van der Waals surface area contributed by atoms with Crippen LogP contribution in [0.25, 0.3) is 5.69 Å². The lowest BCUT2D eigenvalue weighted by molar-refractivity contribution is -0.119. The number of hydrogen-bond acceptors (Lipinski definition) is 4. The summed E-state index contributed by atoms with van der Waals surface area (Å²) in [4.78, 5) is 19.3. The molecule has 27 heavy (non-hydrogen) atoms. The fourth-order valence-electron chi connectivity index (χ4n) is 3.57. The van der Waals surface area contributed by atoms with Gasteiger partial charge in [-0.3, -0.25) is 9.36 Å². The zero-order valence-corrected chi connectivity index (χ0v) is 17.3. The predicted octanol–water partition coefficient (Wildman–Crippen LogP) is 3.69. The van der Waals surface area contributed by atoms with Crippen LogP contribution >= 0.6 is 11.8 Å². The number of amides is 1. The molecule has 6 heteroatoms. The molecule has 1 aliphatic rings. The van der Waals surface area contributed by atoms with Crippen molar-refractivity contribution in [2.24, 2.45) is 0 Å². The van der Waals surface area contributed by atoms with Crippen LogP contribution in [-0.2, 0) is 4.79 Å². The van der Waals surface area contributed by atoms with Gasteiger partial charge in [-0.25, -0.2) is 4.98 Å². The van der Waals surface area contributed by atoms with Gasteiger partial charge in [0, 0.05) is 31.5 Å². The van der Waals surface area contributed by atoms with Gasteiger partial charge in [0.15, 0.2) is 5.16 Å². The van der Waals surface area contributed by atoms with E-state index in [0.717, 1.165) is 43.3 Å². The second-order valence-corrected chi connectivity index (χ2v) is 8.30. The summed E-state index contributed by atoms with van der Waals surface area (Å²) in [6.07, 6.45) is 5.86. The lowest BCUT2D eigenvalue weighted by Gasteiger charge is -2.31. The van der Waals surface area contributed by atoms with Crippen LogP contribution in [0.2, 0.25) is 0 Å². The van der Waals surface area contributed by atoms with Crippen molar-refractivity contribution >= 4 is 17.7 Å². The molecular formula is C21H30N4OS. The molecule has 0 aliphatic carbocycles. The Bertz CT molecular complexity index is 750. The predicted molar refractivity (Wildman–Crippen MR) is 112 cm³/mol. The van der Waals surface area contributed by atoms with Crippen molar-refractivity contribution in [3.63, 3.8) is 0 Å². The maximum absolute atomic E-state index is 12.4. The van der Waals surface area contributed by atoms with Gasteiger partial charge in [-0.2, -0.15) is 0 Å². The second kappa shape index (κ2) is 9.42. The van der Waals surface area contributed by atoms with E-state index in [1.807, 2.05) is 12.3 Å². The van der Waals surface area contributed by atoms with Crippen LogP contribution in [0.3, 0.4) is 0 Å². The van der Waals surface area contributed by atoms with Crippen LogP contribution in [0.5, 0.6) is 0 Å². The van der Waals surface area contributed by atoms with Gasteiger partial charge in [-0.1, -0.05) is 50.7 Å². The van der Waals surface area contributed by atoms with Gasteiger partial charge < -0.3 is 10.2 Å². The number of likely N-dealkylation sites (tertiary alicyclic amines) is 1. The van der Waals surface area contributed by atoms with E-state index < -0.39 is 0 Å². The molecule has 3 rings (SSSR count). The average molecular weight is 387 g/mol. The number of hydrogen-bond donors (Lipinski definition) is 1. The van der Waals surface area contributed by atoms with Crippen molar-refractivity contribution in [2.45, 2.75) is 50.7 Å². The Labute approximate surface area is 166 Å². The fourth-order valence-corrected chi connectivity index (χ4v) is 4.35. The maximum Gasteiger partial charge on any atom is 0.230 e. The smallest absolute Gasteiger partial charge is 0.230 e. The molecule has 2 heterocycles. The van der Waals surface area contributed by atoms with E-state index in [1.54, 1.807) is 6.20 Å². The average Bonchev–Trinajstić information content (AvgIpc) is 3.15. The topological polar surface area (TPSA) is 50.2 Å². The molecule has 1 aliphatic heterocycles. The van der Waals surface area contributed by atoms with Crippen molar-refractivity contribution in [3.8, 4) is 5.69 Å². The Morgan fingerprint density at radius 2 is 2.04 bits per heavy atom. The van der Waals surface area contributed by atoms with E-state index in [1.165, 1.54) is 17.3 Å². The number of piperidine rings is 1. The first-order chi connectivity index (χ1) is 13.1. The summed E-state index contributed by atoms with van der Waals surface area (Å²) in [5.74, 6) is 0.926. The van der Waals surface area contributed by atoms with Crippen molar-refractivity contribution in [1.82, 2.24) is 19.8 Å². The molecule has 1 aromatic carbocycles. The lowest BCUT2D eigenvalue weighted by Crippen LogP contribution is -2.45. The maximum atomic E-state index is 12.4. The minimum Gasteiger partial charge on any atom is -0.353 e. The zero-order chi connectivity index (χ0) is 19.2. The van der Waals surface area contributed by atoms with Gasteiger partial charge in [0.05, 0.1) is 11.4 Å². The Morgan fingerprint density at radius 3 is 2.74 bits per heavy atom. The van der Waals surface area contributed by atoms with E-state index in [9.17, 15) is 4.79 Å². The Morgan fingerprint density at radius 1 is 1.30 bits per heavy atom. The number of thioether (sulfide) groups is 1. The molecule has 0 spiro atoms. The summed E-state index contributed by atoms with van der Waals surface area (Å²) in [6.45, 7) is 9.82. The van der Waals surface area contributed by atoms with Crippen LogP contribution in [-0.4, -0.2) is 51.8 Å². The van der Waals surface area contributed by atoms with E-state index >= 15 is 0 Å². The molecule has 1 aromatic heterocycles. The Balaban J connectivity index is 1.59. The number of imidazole rings is 1. The molecule has 0 radical (unpaired) electrons. The van der Waals surface area contributed by atoms with Crippen molar-refractivity contribution in [3.05, 3.63) is 42.2 Å². The normalized spacial score (nSPS) is 16.0. The van der Waals surface area contributed by atoms with Crippen molar-refractivity contribution in [2.75, 3.05) is 25.4 Å². The van der Waals surface area contributed by atoms with Gasteiger partial charge in [-0.15, -0.1) is 0 Å². The largest absolute Gasteiger partial charge is 0.353 e. The van der Waals surface area contributed by atoms with Gasteiger partial charge in [0.2, 0.25) is 5.91 Å². The molecular weight excluding hydrogens is 356 g/mol. The van der Waals surface area contributed by atoms with Crippen LogP contribution in [0.15, 0.2) is 41.8 Å². The van der Waals surface area contributed by atoms with E-state index in [2.05, 4.69) is 58.7 Å². The second-order valence-electron chi connectivity index (χ2n) is 7.36. The number of nitrogens with zero attached hydrogens (tertiary/aromatic N) is 3. The molecule has 0 saturated carbocycles. The molecule has 1 fully saturated rings. The highest BCUT2D eigenvalue weighted by molar-refractivity contribution is 7.99. The molecule has 0 bridgehead atoms. The number of nitrogens with one attached hydrogen (secondary N) is 1. The number of benzene rings is 1. The summed E-state index contributed by atoms with van der Waals surface area (Å²) >= 11 is 1.50. The molecule has 1 amide bonds. The third kappa shape index (κ3) is 5.14. The van der Waals surface area contributed by atoms with Crippen LogP contribution < -0.4 is 5.32 Å². The Kier molecular flexibility index (Phi) is 6.96. The number of para-hydroxylation sites is 1. The number of rotatable bonds is 7. The van der Waals surface area contributed by atoms with Crippen LogP contribution in [0.4, 0.5) is 0 Å². The lowest BCUT2D eigenvalue weighted by atomic mass is 10.0. The minimum atomic E-state index is 0.0987. The number of carbonyl (C=O) groups excluding carboxylic acids is 1. The molecule has 1 saturated heterocycles. The van der Waals surface area contributed by atoms with E-state index in [4.69, 9.17) is 0 Å². The highest BCUT2D eigenvalue weighted by Gasteiger charge is 2.20. The molecule has 0 unspecified atom stereocenters. The van der Waals surface area contributed by atoms with Gasteiger partial charge in [0.1, 0.15) is 0 Å². The van der Waals surface area contributed by atoms with Gasteiger partial charge in [-0.05, 0) is 36.9 Å². The minimum absolute atomic E-state index is 0.0987. The summed E-state index contributed by atoms with van der Waals surface area (Å²) in [7, 11) is 0. The third-order valence-electron chi connectivity index (χ3n) is 5.16. The van der Waals surface area contributed by atoms with Gasteiger partial charge in [0.25, 0.3) is 0 Å². The van der Waals surface area contributed by atoms with E-state index in [0.29, 0.717) is 17.7 Å². The first-order valence-electron chi connectivity index (χ1n) is 9.85. The highest BCUT2D eigenvalue weighted by Crippen LogP contribution is 2.27. The number of aromatic nitrogens is 2. The summed E-state index contributed by atoms with van der Waals surface area (Å²) in [5, 5.41) is 4.05. The first kappa shape index (κ1) is 20.0. The van der Waals surface area contributed by atoms with Crippen molar-refractivity contribution in [1.29, 1.82) is 0 Å². The highest BCUT2D eigenvalue weighted by atomic mass is 32.2. The zero-order valence-electron chi connectivity index (χ0n) is 16.5. The summed E-state index contributed by atoms with van der Waals surface area (Å²) in [6, 6.07) is 8.69. The molecule has 0 atom stereocenters. The SMILES string of the molecule is CCN1CCC(NC(=O)CSc2nccn2-c2ccccc2C(C)C)CC1. The fraction of sp³-hybridized carbons (Fsp3) is 0.524. The molecule has 2 aromatic rings. The first-order valence-corrected chi connectivity index (χ1v) is 10.8. The Hall–Kier alpha value is -1.79. The van der Waals surface area contributed by atoms with E-state index in [-0.39, 0.29) is 5.91 Å². The monoisotopic (exact) mass is 386 g/mol. The van der Waals surface area contributed by atoms with Crippen LogP contribution in [0, 0.1) is 0 Å². The van der Waals surface area contributed by atoms with Gasteiger partial charge >= 0.3 is 0 Å². The number of carbonyl (C=O) groups is 1. The standard InChI is InChI=1S/C21H30N4OS/c1-4-24-12-9-17(10-13-24)23-20(26)15-27-21-22-11-14-25(21)19-8-6-5-7-18(19)16(2)3/h5-8,11,14,16-17H,4,9-10,12-13,15H2,1-3H3,(H,23,26). The summed E-state index contributed by atoms with van der Waals surface area (Å²) < 4.78 is 2.09. The summed E-state index contributed by atoms with van der Waals surface area (Å²) in [5.41, 5.74) is 2.42. The van der Waals surface area contributed by atoms with Crippen molar-refractivity contribution < 1.29 is 4.79 Å². The quantitative estimate of drug-likeness (QED) is 0.738.